The summed E-state index contributed by atoms with van der Waals surface area (Å²) in [6.45, 7) is 7.28. The van der Waals surface area contributed by atoms with Gasteiger partial charge in [-0.1, -0.05) is 0 Å². The molecule has 1 rings (SSSR count). The number of carbonyl (C=O) groups is 2. The van der Waals surface area contributed by atoms with Gasteiger partial charge in [-0.15, -0.1) is 0 Å². The Labute approximate surface area is 143 Å². The number of carbonyl (C=O) groups excluding carboxylic acids is 2. The minimum Gasteiger partial charge on any atom is -0.444 e. The summed E-state index contributed by atoms with van der Waals surface area (Å²) in [4.78, 5) is 25.7. The number of aliphatic hydroxyl groups is 1. The number of nitrogens with zero attached hydrogens (tertiary/aromatic N) is 1. The average Bonchev–Trinajstić information content (AvgIpc) is 2.49. The standard InChI is InChI=1S/C16H30N2O6/c1-15(2,3)24-14(20)18-8-5-6-16(21,12-18)13(19)17-7-9-23-11-10-22-4/h21H,5-12H2,1-4H3,(H,17,19)/t16-/m0/s1. The highest BCUT2D eigenvalue weighted by atomic mass is 16.6. The van der Waals surface area contributed by atoms with Crippen LogP contribution in [0.5, 0.6) is 0 Å². The molecule has 24 heavy (non-hydrogen) atoms. The van der Waals surface area contributed by atoms with Crippen molar-refractivity contribution in [3.63, 3.8) is 0 Å². The number of nitrogens with one attached hydrogen (secondary N) is 1. The fourth-order valence-corrected chi connectivity index (χ4v) is 2.35. The molecule has 0 unspecified atom stereocenters. The quantitative estimate of drug-likeness (QED) is 0.653. The van der Waals surface area contributed by atoms with Gasteiger partial charge in [0.1, 0.15) is 5.60 Å². The summed E-state index contributed by atoms with van der Waals surface area (Å²) >= 11 is 0. The minimum atomic E-state index is -1.60. The molecule has 1 heterocycles. The van der Waals surface area contributed by atoms with E-state index in [9.17, 15) is 14.7 Å². The van der Waals surface area contributed by atoms with E-state index in [1.54, 1.807) is 27.9 Å². The van der Waals surface area contributed by atoms with Crippen molar-refractivity contribution in [2.75, 3.05) is 46.6 Å². The summed E-state index contributed by atoms with van der Waals surface area (Å²) < 4.78 is 15.4. The van der Waals surface area contributed by atoms with Crippen LogP contribution in [0.3, 0.4) is 0 Å². The molecule has 0 aromatic rings. The van der Waals surface area contributed by atoms with Gasteiger partial charge in [0.2, 0.25) is 0 Å². The Morgan fingerprint density at radius 3 is 2.58 bits per heavy atom. The van der Waals surface area contributed by atoms with Crippen molar-refractivity contribution in [1.29, 1.82) is 0 Å². The zero-order chi connectivity index (χ0) is 18.2. The second-order valence-corrected chi connectivity index (χ2v) is 6.90. The summed E-state index contributed by atoms with van der Waals surface area (Å²) in [6.07, 6.45) is 0.326. The van der Waals surface area contributed by atoms with Crippen LogP contribution in [0.4, 0.5) is 4.79 Å². The molecule has 8 nitrogen and oxygen atoms in total. The van der Waals surface area contributed by atoms with E-state index in [0.717, 1.165) is 0 Å². The topological polar surface area (TPSA) is 97.3 Å². The number of β-amino-alcohol motifs (C(OH)–C–C–N with tert-alkyl or cyclic N) is 1. The van der Waals surface area contributed by atoms with Gasteiger partial charge in [0.25, 0.3) is 5.91 Å². The number of methoxy groups -OCH3 is 1. The summed E-state index contributed by atoms with van der Waals surface area (Å²) in [7, 11) is 1.58. The normalized spacial score (nSPS) is 21.5. The molecule has 0 aliphatic carbocycles. The first-order valence-corrected chi connectivity index (χ1v) is 8.23. The van der Waals surface area contributed by atoms with Crippen molar-refractivity contribution in [3.8, 4) is 0 Å². The van der Waals surface area contributed by atoms with Crippen molar-refractivity contribution < 1.29 is 28.9 Å². The van der Waals surface area contributed by atoms with Crippen LogP contribution in [0.1, 0.15) is 33.6 Å². The van der Waals surface area contributed by atoms with Crippen LogP contribution in [0, 0.1) is 0 Å². The third-order valence-corrected chi connectivity index (χ3v) is 3.51. The molecule has 2 N–H and O–H groups in total. The predicted molar refractivity (Wildman–Crippen MR) is 87.7 cm³/mol. The van der Waals surface area contributed by atoms with Gasteiger partial charge < -0.3 is 29.5 Å². The van der Waals surface area contributed by atoms with Crippen molar-refractivity contribution >= 4 is 12.0 Å². The van der Waals surface area contributed by atoms with E-state index >= 15 is 0 Å². The third kappa shape index (κ3) is 7.02. The summed E-state index contributed by atoms with van der Waals surface area (Å²) in [5.41, 5.74) is -2.21. The van der Waals surface area contributed by atoms with Crippen LogP contribution >= 0.6 is 0 Å². The third-order valence-electron chi connectivity index (χ3n) is 3.51. The Morgan fingerprint density at radius 1 is 1.25 bits per heavy atom. The molecule has 1 atom stereocenters. The first-order chi connectivity index (χ1) is 11.2. The molecule has 1 fully saturated rings. The van der Waals surface area contributed by atoms with E-state index in [1.807, 2.05) is 0 Å². The van der Waals surface area contributed by atoms with E-state index in [-0.39, 0.29) is 13.1 Å². The number of ether oxygens (including phenoxy) is 3. The van der Waals surface area contributed by atoms with E-state index < -0.39 is 23.2 Å². The lowest BCUT2D eigenvalue weighted by molar-refractivity contribution is -0.145. The second kappa shape index (κ2) is 9.19. The lowest BCUT2D eigenvalue weighted by Crippen LogP contribution is -2.59. The van der Waals surface area contributed by atoms with Gasteiger partial charge in [-0.25, -0.2) is 4.79 Å². The number of amides is 2. The highest BCUT2D eigenvalue weighted by molar-refractivity contribution is 5.86. The Hall–Kier alpha value is -1.38. The maximum absolute atomic E-state index is 12.2. The van der Waals surface area contributed by atoms with E-state index in [1.165, 1.54) is 4.90 Å². The number of hydrogen-bond donors (Lipinski definition) is 2. The van der Waals surface area contributed by atoms with Crippen LogP contribution in [0.15, 0.2) is 0 Å². The molecular formula is C16H30N2O6. The molecular weight excluding hydrogens is 316 g/mol. The van der Waals surface area contributed by atoms with Gasteiger partial charge in [-0.2, -0.15) is 0 Å². The van der Waals surface area contributed by atoms with Crippen LogP contribution in [0.25, 0.3) is 0 Å². The predicted octanol–water partition coefficient (Wildman–Crippen LogP) is 0.528. The molecule has 0 bridgehead atoms. The molecule has 0 aromatic heterocycles. The Morgan fingerprint density at radius 2 is 1.96 bits per heavy atom. The van der Waals surface area contributed by atoms with Gasteiger partial charge in [-0.05, 0) is 33.6 Å². The van der Waals surface area contributed by atoms with Gasteiger partial charge in [0, 0.05) is 20.2 Å². The fourth-order valence-electron chi connectivity index (χ4n) is 2.35. The van der Waals surface area contributed by atoms with Crippen LogP contribution in [0.2, 0.25) is 0 Å². The summed E-state index contributed by atoms with van der Waals surface area (Å²) in [6, 6.07) is 0. The van der Waals surface area contributed by atoms with Crippen molar-refractivity contribution in [2.45, 2.75) is 44.8 Å². The highest BCUT2D eigenvalue weighted by Crippen LogP contribution is 2.23. The van der Waals surface area contributed by atoms with Gasteiger partial charge in [0.15, 0.2) is 5.60 Å². The molecule has 0 spiro atoms. The maximum atomic E-state index is 12.2. The molecule has 2 amide bonds. The average molecular weight is 346 g/mol. The zero-order valence-electron chi connectivity index (χ0n) is 15.1. The van der Waals surface area contributed by atoms with Crippen molar-refractivity contribution in [2.24, 2.45) is 0 Å². The van der Waals surface area contributed by atoms with Gasteiger partial charge in [-0.3, -0.25) is 4.79 Å². The van der Waals surface area contributed by atoms with E-state index in [2.05, 4.69) is 5.32 Å². The number of likely N-dealkylation sites (tertiary alicyclic amines) is 1. The Kier molecular flexibility index (Phi) is 7.92. The Bertz CT molecular complexity index is 423. The lowest BCUT2D eigenvalue weighted by Gasteiger charge is -2.38. The number of hydrogen-bond acceptors (Lipinski definition) is 6. The van der Waals surface area contributed by atoms with E-state index in [4.69, 9.17) is 14.2 Å². The summed E-state index contributed by atoms with van der Waals surface area (Å²) in [5.74, 6) is -0.494. The van der Waals surface area contributed by atoms with Crippen molar-refractivity contribution in [3.05, 3.63) is 0 Å². The molecule has 8 heteroatoms. The molecule has 0 radical (unpaired) electrons. The molecule has 0 saturated carbocycles. The van der Waals surface area contributed by atoms with Gasteiger partial charge >= 0.3 is 6.09 Å². The Balaban J connectivity index is 2.45. The number of piperidine rings is 1. The SMILES string of the molecule is COCCOCCNC(=O)[C@]1(O)CCCN(C(=O)OC(C)(C)C)C1. The molecule has 140 valence electrons. The fraction of sp³-hybridized carbons (Fsp3) is 0.875. The molecule has 1 saturated heterocycles. The first-order valence-electron chi connectivity index (χ1n) is 8.23. The van der Waals surface area contributed by atoms with Crippen LogP contribution < -0.4 is 5.32 Å². The van der Waals surface area contributed by atoms with Crippen molar-refractivity contribution in [1.82, 2.24) is 10.2 Å². The monoisotopic (exact) mass is 346 g/mol. The maximum Gasteiger partial charge on any atom is 0.410 e. The first kappa shape index (κ1) is 20.7. The number of rotatable bonds is 7. The lowest BCUT2D eigenvalue weighted by atomic mass is 9.92. The molecule has 1 aliphatic rings. The zero-order valence-corrected chi connectivity index (χ0v) is 15.1. The molecule has 1 aliphatic heterocycles. The smallest absolute Gasteiger partial charge is 0.410 e. The second-order valence-electron chi connectivity index (χ2n) is 6.90. The molecule has 0 aromatic carbocycles. The minimum absolute atomic E-state index is 0.0712. The largest absolute Gasteiger partial charge is 0.444 e. The summed E-state index contributed by atoms with van der Waals surface area (Å²) in [5, 5.41) is 13.2. The van der Waals surface area contributed by atoms with E-state index in [0.29, 0.717) is 39.2 Å². The highest BCUT2D eigenvalue weighted by Gasteiger charge is 2.42. The van der Waals surface area contributed by atoms with Gasteiger partial charge in [0.05, 0.1) is 26.4 Å². The van der Waals surface area contributed by atoms with Crippen LogP contribution in [-0.2, 0) is 19.0 Å². The van der Waals surface area contributed by atoms with Crippen LogP contribution in [-0.4, -0.2) is 79.8 Å².